The molecule has 0 amide bonds. The SMILES string of the molecule is CCCCC[SiH2]c1ccccc1. The fourth-order valence-electron chi connectivity index (χ4n) is 1.40. The Morgan fingerprint density at radius 2 is 1.83 bits per heavy atom. The van der Waals surface area contributed by atoms with Gasteiger partial charge in [0, 0.05) is 0 Å². The van der Waals surface area contributed by atoms with Gasteiger partial charge in [-0.05, 0) is 0 Å². The van der Waals surface area contributed by atoms with Crippen molar-refractivity contribution in [2.45, 2.75) is 32.2 Å². The summed E-state index contributed by atoms with van der Waals surface area (Å²) in [6, 6.07) is 12.4. The molecule has 66 valence electrons. The Bertz CT molecular complexity index is 193. The van der Waals surface area contributed by atoms with Gasteiger partial charge in [0.15, 0.2) is 0 Å². The fourth-order valence-corrected chi connectivity index (χ4v) is 3.02. The van der Waals surface area contributed by atoms with Crippen molar-refractivity contribution >= 4 is 14.7 Å². The second kappa shape index (κ2) is 6.01. The molecule has 0 saturated carbocycles. The predicted octanol–water partition coefficient (Wildman–Crippen LogP) is 2.09. The minimum absolute atomic E-state index is 0.0683. The van der Waals surface area contributed by atoms with E-state index in [1.807, 2.05) is 0 Å². The quantitative estimate of drug-likeness (QED) is 0.478. The monoisotopic (exact) mass is 178 g/mol. The lowest BCUT2D eigenvalue weighted by Crippen LogP contribution is -2.12. The molecular weight excluding hydrogens is 160 g/mol. The van der Waals surface area contributed by atoms with Crippen LogP contribution in [0, 0.1) is 0 Å². The highest BCUT2D eigenvalue weighted by atomic mass is 28.2. The van der Waals surface area contributed by atoms with Crippen molar-refractivity contribution in [1.82, 2.24) is 0 Å². The molecule has 0 atom stereocenters. The predicted molar refractivity (Wildman–Crippen MR) is 59.0 cm³/mol. The van der Waals surface area contributed by atoms with Gasteiger partial charge in [0.2, 0.25) is 0 Å². The van der Waals surface area contributed by atoms with Crippen LogP contribution in [0.25, 0.3) is 0 Å². The molecule has 0 aliphatic heterocycles. The highest BCUT2D eigenvalue weighted by Crippen LogP contribution is 1.98. The van der Waals surface area contributed by atoms with Crippen molar-refractivity contribution in [3.05, 3.63) is 30.3 Å². The summed E-state index contributed by atoms with van der Waals surface area (Å²) in [5.41, 5.74) is 0. The molecule has 1 rings (SSSR count). The van der Waals surface area contributed by atoms with Crippen molar-refractivity contribution in [2.24, 2.45) is 0 Å². The first-order valence-electron chi connectivity index (χ1n) is 4.97. The van der Waals surface area contributed by atoms with Crippen molar-refractivity contribution < 1.29 is 0 Å². The van der Waals surface area contributed by atoms with E-state index in [0.717, 1.165) is 0 Å². The number of rotatable bonds is 5. The third-order valence-corrected chi connectivity index (χ3v) is 4.06. The molecule has 0 bridgehead atoms. The van der Waals surface area contributed by atoms with E-state index in [2.05, 4.69) is 37.3 Å². The zero-order valence-corrected chi connectivity index (χ0v) is 9.34. The van der Waals surface area contributed by atoms with Crippen LogP contribution in [0.5, 0.6) is 0 Å². The minimum atomic E-state index is 0.0683. The molecule has 0 aliphatic rings. The summed E-state index contributed by atoms with van der Waals surface area (Å²) < 4.78 is 0. The Kier molecular flexibility index (Phi) is 4.77. The number of unbranched alkanes of at least 4 members (excludes halogenated alkanes) is 2. The van der Waals surface area contributed by atoms with Gasteiger partial charge in [-0.2, -0.15) is 0 Å². The van der Waals surface area contributed by atoms with E-state index in [1.165, 1.54) is 25.3 Å². The lowest BCUT2D eigenvalue weighted by Gasteiger charge is -1.98. The lowest BCUT2D eigenvalue weighted by atomic mass is 10.3. The minimum Gasteiger partial charge on any atom is -0.0669 e. The molecule has 1 aromatic rings. The zero-order valence-electron chi connectivity index (χ0n) is 7.92. The first kappa shape index (κ1) is 9.52. The van der Waals surface area contributed by atoms with E-state index >= 15 is 0 Å². The number of hydrogen-bond donors (Lipinski definition) is 0. The lowest BCUT2D eigenvalue weighted by molar-refractivity contribution is 0.769. The maximum atomic E-state index is 2.28. The molecule has 0 saturated heterocycles. The maximum absolute atomic E-state index is 2.28. The first-order valence-corrected chi connectivity index (χ1v) is 6.68. The van der Waals surface area contributed by atoms with Crippen molar-refractivity contribution in [1.29, 1.82) is 0 Å². The van der Waals surface area contributed by atoms with E-state index in [1.54, 1.807) is 5.19 Å². The van der Waals surface area contributed by atoms with Gasteiger partial charge in [-0.25, -0.2) is 0 Å². The Morgan fingerprint density at radius 3 is 2.50 bits per heavy atom. The van der Waals surface area contributed by atoms with Gasteiger partial charge in [0.25, 0.3) is 0 Å². The maximum Gasteiger partial charge on any atom is 0.0547 e. The van der Waals surface area contributed by atoms with Crippen LogP contribution in [0.2, 0.25) is 6.04 Å². The average molecular weight is 178 g/mol. The van der Waals surface area contributed by atoms with Crippen LogP contribution in [0.4, 0.5) is 0 Å². The van der Waals surface area contributed by atoms with Gasteiger partial charge in [-0.15, -0.1) is 0 Å². The van der Waals surface area contributed by atoms with E-state index in [0.29, 0.717) is 0 Å². The Hall–Kier alpha value is -0.563. The molecule has 0 aromatic heterocycles. The fraction of sp³-hybridized carbons (Fsp3) is 0.455. The summed E-state index contributed by atoms with van der Waals surface area (Å²) in [6.07, 6.45) is 4.21. The Balaban J connectivity index is 2.16. The van der Waals surface area contributed by atoms with Crippen LogP contribution in [0.3, 0.4) is 0 Å². The van der Waals surface area contributed by atoms with E-state index in [9.17, 15) is 0 Å². The second-order valence-corrected chi connectivity index (χ2v) is 5.32. The molecule has 0 heterocycles. The molecule has 1 aromatic carbocycles. The smallest absolute Gasteiger partial charge is 0.0547 e. The Morgan fingerprint density at radius 1 is 1.08 bits per heavy atom. The summed E-state index contributed by atoms with van der Waals surface area (Å²) >= 11 is 0. The summed E-state index contributed by atoms with van der Waals surface area (Å²) in [7, 11) is 0.0683. The average Bonchev–Trinajstić information content (AvgIpc) is 2.14. The molecule has 0 nitrogen and oxygen atoms in total. The summed E-state index contributed by atoms with van der Waals surface area (Å²) in [5.74, 6) is 0. The molecule has 0 fully saturated rings. The number of hydrogen-bond acceptors (Lipinski definition) is 0. The van der Waals surface area contributed by atoms with Crippen molar-refractivity contribution in [3.63, 3.8) is 0 Å². The molecular formula is C11H18Si. The van der Waals surface area contributed by atoms with Gasteiger partial charge in [0.05, 0.1) is 9.52 Å². The molecule has 0 N–H and O–H groups in total. The molecule has 0 radical (unpaired) electrons. The van der Waals surface area contributed by atoms with Crippen LogP contribution in [0.1, 0.15) is 26.2 Å². The molecule has 12 heavy (non-hydrogen) atoms. The summed E-state index contributed by atoms with van der Waals surface area (Å²) in [6.45, 7) is 2.27. The molecule has 0 aliphatic carbocycles. The van der Waals surface area contributed by atoms with Crippen LogP contribution in [-0.4, -0.2) is 9.52 Å². The van der Waals surface area contributed by atoms with Crippen molar-refractivity contribution in [3.8, 4) is 0 Å². The highest BCUT2D eigenvalue weighted by Gasteiger charge is 1.91. The van der Waals surface area contributed by atoms with Crippen LogP contribution in [-0.2, 0) is 0 Å². The topological polar surface area (TPSA) is 0 Å². The van der Waals surface area contributed by atoms with E-state index in [4.69, 9.17) is 0 Å². The van der Waals surface area contributed by atoms with Gasteiger partial charge >= 0.3 is 0 Å². The van der Waals surface area contributed by atoms with Crippen molar-refractivity contribution in [2.75, 3.05) is 0 Å². The van der Waals surface area contributed by atoms with Crippen LogP contribution < -0.4 is 5.19 Å². The normalized spacial score (nSPS) is 11.1. The Labute approximate surface area is 77.8 Å². The van der Waals surface area contributed by atoms with Crippen LogP contribution >= 0.6 is 0 Å². The van der Waals surface area contributed by atoms with Gasteiger partial charge in [-0.1, -0.05) is 67.7 Å². The van der Waals surface area contributed by atoms with Gasteiger partial charge in [-0.3, -0.25) is 0 Å². The zero-order chi connectivity index (χ0) is 8.65. The molecule has 1 heteroatoms. The van der Waals surface area contributed by atoms with Gasteiger partial charge in [0.1, 0.15) is 0 Å². The second-order valence-electron chi connectivity index (χ2n) is 3.30. The third kappa shape index (κ3) is 3.72. The van der Waals surface area contributed by atoms with E-state index < -0.39 is 0 Å². The first-order chi connectivity index (χ1) is 5.93. The number of benzene rings is 1. The highest BCUT2D eigenvalue weighted by molar-refractivity contribution is 6.53. The van der Waals surface area contributed by atoms with Crippen LogP contribution in [0.15, 0.2) is 30.3 Å². The third-order valence-electron chi connectivity index (χ3n) is 2.16. The standard InChI is InChI=1S/C11H18Si/c1-2-3-7-10-12-11-8-5-4-6-9-11/h4-6,8-9H,2-3,7,10,12H2,1H3. The van der Waals surface area contributed by atoms with E-state index in [-0.39, 0.29) is 9.52 Å². The summed E-state index contributed by atoms with van der Waals surface area (Å²) in [5, 5.41) is 1.62. The largest absolute Gasteiger partial charge is 0.0669 e. The summed E-state index contributed by atoms with van der Waals surface area (Å²) in [4.78, 5) is 0. The molecule has 0 unspecified atom stereocenters. The molecule has 0 spiro atoms. The van der Waals surface area contributed by atoms with Gasteiger partial charge < -0.3 is 0 Å².